The third kappa shape index (κ3) is 5.95. The molecule has 0 saturated carbocycles. The van der Waals surface area contributed by atoms with Crippen molar-refractivity contribution in [1.82, 2.24) is 5.32 Å². The quantitative estimate of drug-likeness (QED) is 0.788. The molecule has 6 nitrogen and oxygen atoms in total. The minimum absolute atomic E-state index is 0.230. The van der Waals surface area contributed by atoms with Crippen molar-refractivity contribution in [3.05, 3.63) is 29.8 Å². The summed E-state index contributed by atoms with van der Waals surface area (Å²) in [5.41, 5.74) is 0.432. The molecule has 0 saturated heterocycles. The molecule has 120 valence electrons. The molecule has 0 unspecified atom stereocenters. The van der Waals surface area contributed by atoms with Gasteiger partial charge in [0, 0.05) is 18.2 Å². The molecule has 6 heteroatoms. The monoisotopic (exact) mass is 306 g/mol. The van der Waals surface area contributed by atoms with Gasteiger partial charge in [0.1, 0.15) is 0 Å². The van der Waals surface area contributed by atoms with Crippen LogP contribution in [-0.2, 0) is 14.3 Å². The van der Waals surface area contributed by atoms with Crippen LogP contribution >= 0.6 is 0 Å². The largest absolute Gasteiger partial charge is 0.452 e. The van der Waals surface area contributed by atoms with E-state index in [1.54, 1.807) is 18.2 Å². The maximum absolute atomic E-state index is 11.9. The third-order valence-electron chi connectivity index (χ3n) is 3.11. The fraction of sp³-hybridized carbons (Fsp3) is 0.438. The van der Waals surface area contributed by atoms with Crippen molar-refractivity contribution in [1.29, 1.82) is 0 Å². The zero-order chi connectivity index (χ0) is 16.8. The normalized spacial score (nSPS) is 10.7. The highest BCUT2D eigenvalue weighted by atomic mass is 16.5. The van der Waals surface area contributed by atoms with E-state index in [2.05, 4.69) is 10.6 Å². The van der Waals surface area contributed by atoms with Crippen molar-refractivity contribution in [2.24, 2.45) is 0 Å². The van der Waals surface area contributed by atoms with Crippen LogP contribution in [0, 0.1) is 0 Å². The number of carbonyl (C=O) groups is 3. The predicted molar refractivity (Wildman–Crippen MR) is 83.5 cm³/mol. The Balaban J connectivity index is 2.59. The van der Waals surface area contributed by atoms with Gasteiger partial charge in [-0.1, -0.05) is 13.0 Å². The fourth-order valence-electron chi connectivity index (χ4n) is 1.64. The summed E-state index contributed by atoms with van der Waals surface area (Å²) in [6, 6.07) is 6.34. The van der Waals surface area contributed by atoms with Gasteiger partial charge in [-0.25, -0.2) is 4.79 Å². The first-order valence-corrected chi connectivity index (χ1v) is 7.09. The van der Waals surface area contributed by atoms with Gasteiger partial charge in [0.15, 0.2) is 6.61 Å². The van der Waals surface area contributed by atoms with Gasteiger partial charge in [0.2, 0.25) is 5.91 Å². The lowest BCUT2D eigenvalue weighted by molar-refractivity contribution is -0.125. The Hall–Kier alpha value is -2.37. The molecular weight excluding hydrogens is 284 g/mol. The van der Waals surface area contributed by atoms with Crippen LogP contribution in [0.15, 0.2) is 24.3 Å². The van der Waals surface area contributed by atoms with E-state index in [9.17, 15) is 14.4 Å². The Morgan fingerprint density at radius 2 is 1.91 bits per heavy atom. The van der Waals surface area contributed by atoms with Crippen molar-refractivity contribution in [2.45, 2.75) is 39.7 Å². The molecule has 0 bridgehead atoms. The van der Waals surface area contributed by atoms with Gasteiger partial charge in [-0.15, -0.1) is 0 Å². The average Bonchev–Trinajstić information content (AvgIpc) is 2.44. The molecule has 0 heterocycles. The average molecular weight is 306 g/mol. The number of ether oxygens (including phenoxy) is 1. The van der Waals surface area contributed by atoms with Crippen LogP contribution in [-0.4, -0.2) is 29.9 Å². The van der Waals surface area contributed by atoms with E-state index >= 15 is 0 Å². The van der Waals surface area contributed by atoms with Gasteiger partial charge in [-0.2, -0.15) is 0 Å². The molecule has 2 amide bonds. The van der Waals surface area contributed by atoms with Crippen LogP contribution < -0.4 is 10.6 Å². The standard InChI is InChI=1S/C16H22N2O4/c1-5-16(3,4)18-14(20)10-22-15(21)12-7-6-8-13(9-12)17-11(2)19/h6-9H,5,10H2,1-4H3,(H,17,19)(H,18,20). The van der Waals surface area contributed by atoms with Gasteiger partial charge < -0.3 is 15.4 Å². The zero-order valence-electron chi connectivity index (χ0n) is 13.4. The molecule has 1 aromatic rings. The first kappa shape index (κ1) is 17.7. The molecule has 0 atom stereocenters. The van der Waals surface area contributed by atoms with Crippen molar-refractivity contribution >= 4 is 23.5 Å². The lowest BCUT2D eigenvalue weighted by Gasteiger charge is -2.24. The molecule has 0 fully saturated rings. The van der Waals surface area contributed by atoms with Crippen LogP contribution in [0.2, 0.25) is 0 Å². The number of nitrogens with one attached hydrogen (secondary N) is 2. The van der Waals surface area contributed by atoms with Gasteiger partial charge in [0.25, 0.3) is 5.91 Å². The highest BCUT2D eigenvalue weighted by Crippen LogP contribution is 2.12. The second-order valence-electron chi connectivity index (χ2n) is 5.62. The van der Waals surface area contributed by atoms with Gasteiger partial charge >= 0.3 is 5.97 Å². The van der Waals surface area contributed by atoms with E-state index in [0.29, 0.717) is 5.69 Å². The SMILES string of the molecule is CCC(C)(C)NC(=O)COC(=O)c1cccc(NC(C)=O)c1. The van der Waals surface area contributed by atoms with E-state index in [1.807, 2.05) is 20.8 Å². The van der Waals surface area contributed by atoms with E-state index < -0.39 is 5.97 Å². The molecular formula is C16H22N2O4. The lowest BCUT2D eigenvalue weighted by atomic mass is 10.0. The van der Waals surface area contributed by atoms with Crippen molar-refractivity contribution in [3.8, 4) is 0 Å². The zero-order valence-corrected chi connectivity index (χ0v) is 13.4. The Kier molecular flexibility index (Phi) is 6.10. The molecule has 1 rings (SSSR count). The number of hydrogen-bond acceptors (Lipinski definition) is 4. The number of rotatable bonds is 6. The molecule has 0 radical (unpaired) electrons. The predicted octanol–water partition coefficient (Wildman–Crippen LogP) is 2.11. The smallest absolute Gasteiger partial charge is 0.338 e. The number of benzene rings is 1. The highest BCUT2D eigenvalue weighted by molar-refractivity contribution is 5.94. The minimum atomic E-state index is -0.614. The summed E-state index contributed by atoms with van der Waals surface area (Å²) in [6.45, 7) is 6.78. The number of carbonyl (C=O) groups excluding carboxylic acids is 3. The lowest BCUT2D eigenvalue weighted by Crippen LogP contribution is -2.44. The first-order valence-electron chi connectivity index (χ1n) is 7.09. The van der Waals surface area contributed by atoms with E-state index in [0.717, 1.165) is 6.42 Å². The Bertz CT molecular complexity index is 567. The minimum Gasteiger partial charge on any atom is -0.452 e. The first-order chi connectivity index (χ1) is 10.2. The van der Waals surface area contributed by atoms with E-state index in [-0.39, 0.29) is 29.5 Å². The van der Waals surface area contributed by atoms with Gasteiger partial charge in [0.05, 0.1) is 5.56 Å². The molecule has 1 aromatic carbocycles. The van der Waals surface area contributed by atoms with Crippen LogP contribution in [0.1, 0.15) is 44.5 Å². The molecule has 0 spiro atoms. The van der Waals surface area contributed by atoms with Crippen molar-refractivity contribution in [2.75, 3.05) is 11.9 Å². The van der Waals surface area contributed by atoms with Crippen LogP contribution in [0.4, 0.5) is 5.69 Å². The molecule has 22 heavy (non-hydrogen) atoms. The fourth-order valence-corrected chi connectivity index (χ4v) is 1.64. The topological polar surface area (TPSA) is 84.5 Å². The number of hydrogen-bond donors (Lipinski definition) is 2. The number of esters is 1. The molecule has 0 aromatic heterocycles. The Labute approximate surface area is 130 Å². The Morgan fingerprint density at radius 1 is 1.23 bits per heavy atom. The summed E-state index contributed by atoms with van der Waals surface area (Å²) in [5, 5.41) is 5.35. The van der Waals surface area contributed by atoms with Gasteiger partial charge in [-0.05, 0) is 38.5 Å². The summed E-state index contributed by atoms with van der Waals surface area (Å²) in [4.78, 5) is 34.6. The van der Waals surface area contributed by atoms with Crippen LogP contribution in [0.25, 0.3) is 0 Å². The maximum Gasteiger partial charge on any atom is 0.338 e. The van der Waals surface area contributed by atoms with E-state index in [1.165, 1.54) is 13.0 Å². The summed E-state index contributed by atoms with van der Waals surface area (Å²) < 4.78 is 4.98. The molecule has 2 N–H and O–H groups in total. The van der Waals surface area contributed by atoms with E-state index in [4.69, 9.17) is 4.74 Å². The highest BCUT2D eigenvalue weighted by Gasteiger charge is 2.19. The summed E-state index contributed by atoms with van der Waals surface area (Å²) in [6.07, 6.45) is 0.769. The second-order valence-corrected chi connectivity index (χ2v) is 5.62. The number of amides is 2. The Morgan fingerprint density at radius 3 is 2.50 bits per heavy atom. The van der Waals surface area contributed by atoms with Gasteiger partial charge in [-0.3, -0.25) is 9.59 Å². The summed E-state index contributed by atoms with van der Waals surface area (Å²) in [7, 11) is 0. The molecule has 0 aliphatic rings. The molecule has 0 aliphatic heterocycles. The number of anilines is 1. The van der Waals surface area contributed by atoms with Crippen LogP contribution in [0.5, 0.6) is 0 Å². The summed E-state index contributed by atoms with van der Waals surface area (Å²) in [5.74, 6) is -1.19. The van der Waals surface area contributed by atoms with Crippen LogP contribution in [0.3, 0.4) is 0 Å². The van der Waals surface area contributed by atoms with Crippen molar-refractivity contribution in [3.63, 3.8) is 0 Å². The third-order valence-corrected chi connectivity index (χ3v) is 3.11. The van der Waals surface area contributed by atoms with Crippen molar-refractivity contribution < 1.29 is 19.1 Å². The maximum atomic E-state index is 11.9. The molecule has 0 aliphatic carbocycles. The summed E-state index contributed by atoms with van der Waals surface area (Å²) >= 11 is 0. The second kappa shape index (κ2) is 7.59.